The first-order chi connectivity index (χ1) is 8.56. The number of carbonyl (C=O) groups excluding carboxylic acids is 1. The summed E-state index contributed by atoms with van der Waals surface area (Å²) in [6, 6.07) is 9.05. The first-order valence-electron chi connectivity index (χ1n) is 5.56. The Morgan fingerprint density at radius 3 is 2.33 bits per heavy atom. The topological polar surface area (TPSA) is 72.8 Å². The Labute approximate surface area is 105 Å². The second-order valence-electron chi connectivity index (χ2n) is 3.75. The number of benzene rings is 1. The minimum Gasteiger partial charge on any atom is -0.479 e. The van der Waals surface area contributed by atoms with Crippen molar-refractivity contribution in [3.05, 3.63) is 35.9 Å². The van der Waals surface area contributed by atoms with Crippen LogP contribution >= 0.6 is 0 Å². The average molecular weight is 252 g/mol. The van der Waals surface area contributed by atoms with Gasteiger partial charge in [0.15, 0.2) is 0 Å². The van der Waals surface area contributed by atoms with E-state index in [4.69, 9.17) is 4.74 Å². The van der Waals surface area contributed by atoms with Crippen molar-refractivity contribution in [1.82, 2.24) is 0 Å². The molecule has 0 bridgehead atoms. The van der Waals surface area contributed by atoms with Crippen molar-refractivity contribution in [1.29, 1.82) is 0 Å². The molecule has 0 aromatic heterocycles. The summed E-state index contributed by atoms with van der Waals surface area (Å²) in [6.07, 6.45) is 0.00183. The van der Waals surface area contributed by atoms with Crippen LogP contribution in [0.25, 0.3) is 0 Å². The summed E-state index contributed by atoms with van der Waals surface area (Å²) in [4.78, 5) is 22.8. The minimum absolute atomic E-state index is 0.00183. The zero-order valence-electron chi connectivity index (χ0n) is 10.4. The summed E-state index contributed by atoms with van der Waals surface area (Å²) >= 11 is 0. The predicted octanol–water partition coefficient (Wildman–Crippen LogP) is 1.61. The van der Waals surface area contributed by atoms with E-state index in [0.29, 0.717) is 0 Å². The van der Waals surface area contributed by atoms with Crippen LogP contribution in [0.2, 0.25) is 0 Å². The molecule has 5 nitrogen and oxygen atoms in total. The van der Waals surface area contributed by atoms with Gasteiger partial charge in [-0.1, -0.05) is 37.3 Å². The third kappa shape index (κ3) is 2.87. The van der Waals surface area contributed by atoms with E-state index in [1.165, 1.54) is 0 Å². The Bertz CT molecular complexity index is 415. The molecule has 1 rings (SSSR count). The molecule has 0 aliphatic heterocycles. The van der Waals surface area contributed by atoms with Crippen LogP contribution in [0.15, 0.2) is 30.3 Å². The molecule has 1 aromatic rings. The van der Waals surface area contributed by atoms with Gasteiger partial charge in [0.2, 0.25) is 0 Å². The highest BCUT2D eigenvalue weighted by Gasteiger charge is 2.47. The molecule has 5 heteroatoms. The van der Waals surface area contributed by atoms with Crippen LogP contribution in [0.4, 0.5) is 0 Å². The fourth-order valence-electron chi connectivity index (χ4n) is 1.55. The number of rotatable bonds is 6. The third-order valence-electron chi connectivity index (χ3n) is 2.69. The summed E-state index contributed by atoms with van der Waals surface area (Å²) in [6.45, 7) is 1.60. The van der Waals surface area contributed by atoms with E-state index in [2.05, 4.69) is 4.74 Å². The number of methoxy groups -OCH3 is 1. The lowest BCUT2D eigenvalue weighted by atomic mass is 10.0. The minimum atomic E-state index is -1.94. The fraction of sp³-hybridized carbons (Fsp3) is 0.385. The lowest BCUT2D eigenvalue weighted by Crippen LogP contribution is -2.49. The molecule has 1 atom stereocenters. The van der Waals surface area contributed by atoms with Gasteiger partial charge in [0.05, 0.1) is 13.7 Å². The van der Waals surface area contributed by atoms with Gasteiger partial charge in [0.1, 0.15) is 0 Å². The summed E-state index contributed by atoms with van der Waals surface area (Å²) in [5, 5.41) is 9.18. The van der Waals surface area contributed by atoms with E-state index in [-0.39, 0.29) is 13.0 Å². The highest BCUT2D eigenvalue weighted by atomic mass is 16.6. The van der Waals surface area contributed by atoms with Crippen LogP contribution in [0.5, 0.6) is 0 Å². The first-order valence-corrected chi connectivity index (χ1v) is 5.56. The van der Waals surface area contributed by atoms with Gasteiger partial charge >= 0.3 is 11.9 Å². The molecule has 0 unspecified atom stereocenters. The molecule has 0 saturated heterocycles. The van der Waals surface area contributed by atoms with Crippen molar-refractivity contribution in [2.45, 2.75) is 25.6 Å². The molecule has 18 heavy (non-hydrogen) atoms. The summed E-state index contributed by atoms with van der Waals surface area (Å²) in [7, 11) is 1.14. The average Bonchev–Trinajstić information content (AvgIpc) is 2.40. The first kappa shape index (κ1) is 14.2. The van der Waals surface area contributed by atoms with E-state index in [1.54, 1.807) is 19.1 Å². The SMILES string of the molecule is CC[C@@](OCc1ccccc1)(C(=O)O)C(=O)OC. The Hall–Kier alpha value is -1.88. The number of aliphatic carboxylic acids is 1. The quantitative estimate of drug-likeness (QED) is 0.615. The molecule has 0 spiro atoms. The van der Waals surface area contributed by atoms with Crippen LogP contribution in [-0.4, -0.2) is 29.8 Å². The summed E-state index contributed by atoms with van der Waals surface area (Å²) < 4.78 is 9.82. The number of ether oxygens (including phenoxy) is 2. The van der Waals surface area contributed by atoms with Crippen molar-refractivity contribution < 1.29 is 24.2 Å². The third-order valence-corrected chi connectivity index (χ3v) is 2.69. The van der Waals surface area contributed by atoms with E-state index in [9.17, 15) is 14.7 Å². The second-order valence-corrected chi connectivity index (χ2v) is 3.75. The van der Waals surface area contributed by atoms with Crippen molar-refractivity contribution in [3.63, 3.8) is 0 Å². The molecule has 0 heterocycles. The van der Waals surface area contributed by atoms with E-state index >= 15 is 0 Å². The highest BCUT2D eigenvalue weighted by molar-refractivity contribution is 6.02. The smallest absolute Gasteiger partial charge is 0.350 e. The Morgan fingerprint density at radius 1 is 1.28 bits per heavy atom. The fourth-order valence-corrected chi connectivity index (χ4v) is 1.55. The second kappa shape index (κ2) is 6.16. The molecule has 0 radical (unpaired) electrons. The standard InChI is InChI=1S/C13H16O5/c1-3-13(11(14)15,12(16)17-2)18-9-10-7-5-4-6-8-10/h4-8H,3,9H2,1-2H3,(H,14,15)/t13-/m1/s1. The molecule has 98 valence electrons. The van der Waals surface area contributed by atoms with Gasteiger partial charge in [-0.2, -0.15) is 0 Å². The number of carboxylic acid groups (broad SMARTS) is 1. The molecule has 0 amide bonds. The Kier molecular flexibility index (Phi) is 4.85. The van der Waals surface area contributed by atoms with Gasteiger partial charge in [-0.3, -0.25) is 0 Å². The van der Waals surface area contributed by atoms with Crippen LogP contribution < -0.4 is 0 Å². The molecule has 1 aromatic carbocycles. The molecular formula is C13H16O5. The number of carboxylic acids is 1. The van der Waals surface area contributed by atoms with Crippen molar-refractivity contribution in [2.24, 2.45) is 0 Å². The normalized spacial score (nSPS) is 13.7. The van der Waals surface area contributed by atoms with Crippen LogP contribution in [-0.2, 0) is 25.7 Å². The molecular weight excluding hydrogens is 236 g/mol. The molecule has 1 N–H and O–H groups in total. The van der Waals surface area contributed by atoms with Crippen molar-refractivity contribution in [2.75, 3.05) is 7.11 Å². The number of esters is 1. The predicted molar refractivity (Wildman–Crippen MR) is 63.9 cm³/mol. The van der Waals surface area contributed by atoms with E-state index < -0.39 is 17.5 Å². The van der Waals surface area contributed by atoms with Gasteiger partial charge in [-0.05, 0) is 12.0 Å². The monoisotopic (exact) mass is 252 g/mol. The van der Waals surface area contributed by atoms with E-state index in [0.717, 1.165) is 12.7 Å². The summed E-state index contributed by atoms with van der Waals surface area (Å²) in [5.41, 5.74) is -1.15. The summed E-state index contributed by atoms with van der Waals surface area (Å²) in [5.74, 6) is -2.23. The number of carbonyl (C=O) groups is 2. The van der Waals surface area contributed by atoms with Crippen LogP contribution in [0.3, 0.4) is 0 Å². The molecule has 0 aliphatic rings. The van der Waals surface area contributed by atoms with Crippen molar-refractivity contribution >= 4 is 11.9 Å². The van der Waals surface area contributed by atoms with Crippen LogP contribution in [0, 0.1) is 0 Å². The zero-order chi connectivity index (χ0) is 13.6. The number of hydrogen-bond donors (Lipinski definition) is 1. The maximum Gasteiger partial charge on any atom is 0.350 e. The van der Waals surface area contributed by atoms with Gasteiger partial charge in [-0.15, -0.1) is 0 Å². The molecule has 0 saturated carbocycles. The Morgan fingerprint density at radius 2 is 1.89 bits per heavy atom. The zero-order valence-corrected chi connectivity index (χ0v) is 10.4. The van der Waals surface area contributed by atoms with Crippen molar-refractivity contribution in [3.8, 4) is 0 Å². The maximum absolute atomic E-state index is 11.6. The van der Waals surface area contributed by atoms with E-state index in [1.807, 2.05) is 18.2 Å². The Balaban J connectivity index is 2.86. The molecule has 0 aliphatic carbocycles. The molecule has 0 fully saturated rings. The maximum atomic E-state index is 11.6. The van der Waals surface area contributed by atoms with Gasteiger partial charge < -0.3 is 14.6 Å². The lowest BCUT2D eigenvalue weighted by molar-refractivity contribution is -0.188. The highest BCUT2D eigenvalue weighted by Crippen LogP contribution is 2.20. The van der Waals surface area contributed by atoms with Crippen LogP contribution in [0.1, 0.15) is 18.9 Å². The van der Waals surface area contributed by atoms with Gasteiger partial charge in [0.25, 0.3) is 5.60 Å². The number of hydrogen-bond acceptors (Lipinski definition) is 4. The van der Waals surface area contributed by atoms with Gasteiger partial charge in [-0.25, -0.2) is 9.59 Å². The van der Waals surface area contributed by atoms with Gasteiger partial charge in [0, 0.05) is 0 Å². The largest absolute Gasteiger partial charge is 0.479 e. The lowest BCUT2D eigenvalue weighted by Gasteiger charge is -2.25.